The average Bonchev–Trinajstić information content (AvgIpc) is 3.28. The maximum Gasteiger partial charge on any atom is 0.416 e. The van der Waals surface area contributed by atoms with Crippen molar-refractivity contribution in [3.05, 3.63) is 35.7 Å². The fourth-order valence-electron chi connectivity index (χ4n) is 2.62. The molecule has 1 saturated carbocycles. The molecule has 0 unspecified atom stereocenters. The Kier molecular flexibility index (Phi) is 5.25. The predicted molar refractivity (Wildman–Crippen MR) is 96.5 cm³/mol. The van der Waals surface area contributed by atoms with Crippen LogP contribution in [0, 0.1) is 0 Å². The minimum absolute atomic E-state index is 0.225. The van der Waals surface area contributed by atoms with Gasteiger partial charge in [-0.2, -0.15) is 13.2 Å². The Labute approximate surface area is 152 Å². The summed E-state index contributed by atoms with van der Waals surface area (Å²) in [6, 6.07) is 5.20. The molecule has 0 atom stereocenters. The molecule has 26 heavy (non-hydrogen) atoms. The van der Waals surface area contributed by atoms with Crippen LogP contribution in [0.3, 0.4) is 0 Å². The second-order valence-corrected chi connectivity index (χ2v) is 13.7. The third kappa shape index (κ3) is 5.17. The molecule has 0 bridgehead atoms. The zero-order valence-corrected chi connectivity index (χ0v) is 16.3. The highest BCUT2D eigenvalue weighted by Gasteiger charge is 2.34. The van der Waals surface area contributed by atoms with Gasteiger partial charge >= 0.3 is 6.18 Å². The topological polar surface area (TPSA) is 39.9 Å². The van der Waals surface area contributed by atoms with Crippen LogP contribution in [0.15, 0.2) is 24.5 Å². The molecular weight excluding hydrogens is 359 g/mol. The van der Waals surface area contributed by atoms with Crippen molar-refractivity contribution in [2.24, 2.45) is 0 Å². The summed E-state index contributed by atoms with van der Waals surface area (Å²) in [6.07, 6.45) is -0.996. The molecule has 0 aliphatic heterocycles. The summed E-state index contributed by atoms with van der Waals surface area (Å²) in [7, 11) is -1.16. The number of hydrogen-bond donors (Lipinski definition) is 0. The molecule has 1 aliphatic rings. The first-order chi connectivity index (χ1) is 12.1. The SMILES string of the molecule is C[Si](C)(C)CCOCn1cnc(-c2cc(C3CC3)cc(C(F)(F)F)c2)n1. The summed E-state index contributed by atoms with van der Waals surface area (Å²) in [5, 5.41) is 4.28. The molecule has 3 rings (SSSR count). The summed E-state index contributed by atoms with van der Waals surface area (Å²) in [5.41, 5.74) is 0.486. The van der Waals surface area contributed by atoms with Gasteiger partial charge in [0.2, 0.25) is 0 Å². The minimum atomic E-state index is -4.37. The standard InChI is InChI=1S/C18H24F3N3OSi/c1-26(2,3)7-6-25-12-24-11-22-17(23-24)15-8-14(13-4-5-13)9-16(10-15)18(19,20)21/h8-11,13H,4-7,12H2,1-3H3. The van der Waals surface area contributed by atoms with Crippen molar-refractivity contribution in [3.63, 3.8) is 0 Å². The zero-order valence-electron chi connectivity index (χ0n) is 15.3. The quantitative estimate of drug-likeness (QED) is 0.490. The van der Waals surface area contributed by atoms with Gasteiger partial charge in [-0.15, -0.1) is 5.10 Å². The molecule has 8 heteroatoms. The van der Waals surface area contributed by atoms with Crippen molar-refractivity contribution >= 4 is 8.07 Å². The lowest BCUT2D eigenvalue weighted by Crippen LogP contribution is -2.22. The van der Waals surface area contributed by atoms with Gasteiger partial charge in [-0.1, -0.05) is 19.6 Å². The molecule has 0 radical (unpaired) electrons. The van der Waals surface area contributed by atoms with Gasteiger partial charge in [0.05, 0.1) is 5.56 Å². The average molecular weight is 383 g/mol. The van der Waals surface area contributed by atoms with E-state index in [-0.39, 0.29) is 12.6 Å². The van der Waals surface area contributed by atoms with E-state index in [9.17, 15) is 13.2 Å². The van der Waals surface area contributed by atoms with Crippen molar-refractivity contribution < 1.29 is 17.9 Å². The largest absolute Gasteiger partial charge is 0.416 e. The van der Waals surface area contributed by atoms with Gasteiger partial charge in [0.15, 0.2) is 5.82 Å². The molecule has 0 saturated heterocycles. The Bertz CT molecular complexity index is 764. The molecule has 0 spiro atoms. The van der Waals surface area contributed by atoms with E-state index >= 15 is 0 Å². The van der Waals surface area contributed by atoms with Crippen LogP contribution in [0.4, 0.5) is 13.2 Å². The number of benzene rings is 1. The highest BCUT2D eigenvalue weighted by molar-refractivity contribution is 6.76. The van der Waals surface area contributed by atoms with Crippen LogP contribution in [0.1, 0.15) is 29.9 Å². The van der Waals surface area contributed by atoms with Gasteiger partial charge in [0.25, 0.3) is 0 Å². The van der Waals surface area contributed by atoms with Gasteiger partial charge in [-0.05, 0) is 48.6 Å². The highest BCUT2D eigenvalue weighted by atomic mass is 28.3. The van der Waals surface area contributed by atoms with Gasteiger partial charge in [-0.3, -0.25) is 0 Å². The first-order valence-electron chi connectivity index (χ1n) is 8.81. The summed E-state index contributed by atoms with van der Waals surface area (Å²) in [5.74, 6) is 0.523. The van der Waals surface area contributed by atoms with Crippen molar-refractivity contribution in [1.82, 2.24) is 14.8 Å². The van der Waals surface area contributed by atoms with Crippen LogP contribution in [-0.2, 0) is 17.6 Å². The molecule has 142 valence electrons. The van der Waals surface area contributed by atoms with E-state index in [2.05, 4.69) is 29.7 Å². The fourth-order valence-corrected chi connectivity index (χ4v) is 3.38. The van der Waals surface area contributed by atoms with Gasteiger partial charge < -0.3 is 4.74 Å². The van der Waals surface area contributed by atoms with E-state index in [0.717, 1.165) is 30.5 Å². The van der Waals surface area contributed by atoms with E-state index in [0.29, 0.717) is 18.0 Å². The third-order valence-electron chi connectivity index (χ3n) is 4.35. The molecule has 2 aromatic rings. The summed E-state index contributed by atoms with van der Waals surface area (Å²) in [6.45, 7) is 7.73. The number of nitrogens with zero attached hydrogens (tertiary/aromatic N) is 3. The molecule has 1 aromatic carbocycles. The number of alkyl halides is 3. The van der Waals surface area contributed by atoms with Gasteiger partial charge in [-0.25, -0.2) is 9.67 Å². The summed E-state index contributed by atoms with van der Waals surface area (Å²) in [4.78, 5) is 4.17. The Morgan fingerprint density at radius 2 is 1.92 bits per heavy atom. The number of aromatic nitrogens is 3. The van der Waals surface area contributed by atoms with Crippen molar-refractivity contribution in [1.29, 1.82) is 0 Å². The van der Waals surface area contributed by atoms with E-state index in [1.165, 1.54) is 17.1 Å². The molecule has 1 heterocycles. The van der Waals surface area contributed by atoms with E-state index in [1.807, 2.05) is 0 Å². The first kappa shape index (κ1) is 19.1. The Balaban J connectivity index is 1.73. The van der Waals surface area contributed by atoms with E-state index in [4.69, 9.17) is 4.74 Å². The molecule has 1 aliphatic carbocycles. The van der Waals surface area contributed by atoms with Crippen LogP contribution in [0.2, 0.25) is 25.7 Å². The predicted octanol–water partition coefficient (Wildman–Crippen LogP) is 5.15. The maximum atomic E-state index is 13.2. The van der Waals surface area contributed by atoms with Gasteiger partial charge in [0.1, 0.15) is 13.1 Å². The second kappa shape index (κ2) is 7.15. The third-order valence-corrected chi connectivity index (χ3v) is 6.05. The lowest BCUT2D eigenvalue weighted by Gasteiger charge is -2.15. The Morgan fingerprint density at radius 1 is 1.19 bits per heavy atom. The Morgan fingerprint density at radius 3 is 2.54 bits per heavy atom. The number of rotatable bonds is 7. The minimum Gasteiger partial charge on any atom is -0.359 e. The monoisotopic (exact) mass is 383 g/mol. The summed E-state index contributed by atoms with van der Waals surface area (Å²) < 4.78 is 46.7. The van der Waals surface area contributed by atoms with Crippen molar-refractivity contribution in [2.45, 2.75) is 57.4 Å². The smallest absolute Gasteiger partial charge is 0.359 e. The highest BCUT2D eigenvalue weighted by Crippen LogP contribution is 2.43. The number of halogens is 3. The molecule has 4 nitrogen and oxygen atoms in total. The first-order valence-corrected chi connectivity index (χ1v) is 12.5. The van der Waals surface area contributed by atoms with Crippen molar-refractivity contribution in [2.75, 3.05) is 6.61 Å². The molecule has 1 fully saturated rings. The summed E-state index contributed by atoms with van der Waals surface area (Å²) >= 11 is 0. The maximum absolute atomic E-state index is 13.2. The fraction of sp³-hybridized carbons (Fsp3) is 0.556. The molecule has 0 amide bonds. The van der Waals surface area contributed by atoms with Crippen LogP contribution >= 0.6 is 0 Å². The lowest BCUT2D eigenvalue weighted by atomic mass is 10.0. The van der Waals surface area contributed by atoms with Gasteiger partial charge in [0, 0.05) is 20.2 Å². The van der Waals surface area contributed by atoms with Crippen LogP contribution in [-0.4, -0.2) is 29.4 Å². The zero-order chi connectivity index (χ0) is 18.9. The van der Waals surface area contributed by atoms with Crippen LogP contribution in [0.5, 0.6) is 0 Å². The number of hydrogen-bond acceptors (Lipinski definition) is 3. The molecular formula is C18H24F3N3OSi. The molecule has 1 aromatic heterocycles. The second-order valence-electron chi connectivity index (χ2n) is 8.07. The number of ether oxygens (including phenoxy) is 1. The van der Waals surface area contributed by atoms with Crippen LogP contribution < -0.4 is 0 Å². The van der Waals surface area contributed by atoms with Crippen molar-refractivity contribution in [3.8, 4) is 11.4 Å². The molecule has 0 N–H and O–H groups in total. The lowest BCUT2D eigenvalue weighted by molar-refractivity contribution is -0.137. The van der Waals surface area contributed by atoms with Crippen LogP contribution in [0.25, 0.3) is 11.4 Å². The Hall–Kier alpha value is -1.67. The van der Waals surface area contributed by atoms with E-state index in [1.54, 1.807) is 6.07 Å². The van der Waals surface area contributed by atoms with E-state index < -0.39 is 19.8 Å². The normalized spacial score (nSPS) is 15.5.